The molecule has 0 spiro atoms. The zero-order valence-corrected chi connectivity index (χ0v) is 14.0. The Morgan fingerprint density at radius 1 is 1.35 bits per heavy atom. The van der Waals surface area contributed by atoms with Crippen LogP contribution in [0.3, 0.4) is 0 Å². The molecule has 2 fully saturated rings. The number of hydrogen-bond donors (Lipinski definition) is 2. The van der Waals surface area contributed by atoms with Gasteiger partial charge in [-0.25, -0.2) is 21.9 Å². The van der Waals surface area contributed by atoms with Crippen LogP contribution in [0.1, 0.15) is 44.9 Å². The molecule has 6 nitrogen and oxygen atoms in total. The van der Waals surface area contributed by atoms with E-state index in [2.05, 4.69) is 4.72 Å². The first-order valence-corrected chi connectivity index (χ1v) is 9.73. The minimum atomic E-state index is -3.45. The van der Waals surface area contributed by atoms with Gasteiger partial charge in [0.2, 0.25) is 15.9 Å². The van der Waals surface area contributed by atoms with Crippen molar-refractivity contribution in [1.82, 2.24) is 9.62 Å². The van der Waals surface area contributed by atoms with Crippen LogP contribution in [0, 0.1) is 0 Å². The molecule has 1 amide bonds. The predicted octanol–water partition coefficient (Wildman–Crippen LogP) is 0.824. The molecular weight excluding hydrogens is 328 g/mol. The van der Waals surface area contributed by atoms with Crippen LogP contribution >= 0.6 is 0 Å². The molecule has 0 aromatic carbocycles. The van der Waals surface area contributed by atoms with Crippen LogP contribution in [0.2, 0.25) is 0 Å². The zero-order valence-electron chi connectivity index (χ0n) is 13.1. The molecule has 0 unspecified atom stereocenters. The number of halogens is 2. The third kappa shape index (κ3) is 5.96. The molecule has 0 aromatic heterocycles. The number of sulfonamides is 1. The average molecular weight is 353 g/mol. The monoisotopic (exact) mass is 353 g/mol. The smallest absolute Gasteiger partial charge is 0.265 e. The highest BCUT2D eigenvalue weighted by Gasteiger charge is 2.37. The number of nitrogens with one attached hydrogen (secondary N) is 1. The Morgan fingerprint density at radius 3 is 2.61 bits per heavy atom. The van der Waals surface area contributed by atoms with Crippen LogP contribution in [0.25, 0.3) is 0 Å². The highest BCUT2D eigenvalue weighted by atomic mass is 32.2. The maximum Gasteiger partial charge on any atom is 0.265 e. The van der Waals surface area contributed by atoms with Crippen LogP contribution < -0.4 is 10.5 Å². The van der Waals surface area contributed by atoms with Gasteiger partial charge in [0.15, 0.2) is 0 Å². The summed E-state index contributed by atoms with van der Waals surface area (Å²) in [5.74, 6) is -3.46. The van der Waals surface area contributed by atoms with Crippen LogP contribution in [0.15, 0.2) is 0 Å². The second kappa shape index (κ2) is 7.40. The van der Waals surface area contributed by atoms with Gasteiger partial charge in [-0.1, -0.05) is 6.42 Å². The van der Waals surface area contributed by atoms with Gasteiger partial charge in [-0.05, 0) is 25.7 Å². The second-order valence-electron chi connectivity index (χ2n) is 6.60. The molecule has 0 bridgehead atoms. The van der Waals surface area contributed by atoms with Gasteiger partial charge < -0.3 is 10.6 Å². The van der Waals surface area contributed by atoms with Gasteiger partial charge in [-0.15, -0.1) is 0 Å². The topological polar surface area (TPSA) is 92.5 Å². The fraction of sp³-hybridized carbons (Fsp3) is 0.929. The molecule has 1 heterocycles. The third-order valence-electron chi connectivity index (χ3n) is 4.36. The maximum absolute atomic E-state index is 13.3. The molecule has 2 rings (SSSR count). The van der Waals surface area contributed by atoms with Crippen LogP contribution in [-0.4, -0.2) is 56.1 Å². The lowest BCUT2D eigenvalue weighted by molar-refractivity contribution is -0.141. The van der Waals surface area contributed by atoms with Crippen molar-refractivity contribution >= 4 is 15.9 Å². The van der Waals surface area contributed by atoms with E-state index in [4.69, 9.17) is 5.73 Å². The van der Waals surface area contributed by atoms with E-state index in [1.165, 1.54) is 0 Å². The number of carbonyl (C=O) groups excluding carboxylic acids is 1. The fourth-order valence-corrected chi connectivity index (χ4v) is 4.41. The third-order valence-corrected chi connectivity index (χ3v) is 5.92. The largest absolute Gasteiger partial charge is 0.337 e. The Kier molecular flexibility index (Phi) is 5.96. The van der Waals surface area contributed by atoms with E-state index in [9.17, 15) is 22.0 Å². The van der Waals surface area contributed by atoms with Crippen molar-refractivity contribution in [3.05, 3.63) is 0 Å². The van der Waals surface area contributed by atoms with Gasteiger partial charge in [0.1, 0.15) is 0 Å². The molecule has 134 valence electrons. The normalized spacial score (nSPS) is 23.3. The van der Waals surface area contributed by atoms with E-state index in [1.807, 2.05) is 0 Å². The molecular formula is C14H25F2N3O3S. The Balaban J connectivity index is 1.72. The van der Waals surface area contributed by atoms with Gasteiger partial charge in [-0.2, -0.15) is 0 Å². The van der Waals surface area contributed by atoms with Crippen molar-refractivity contribution in [2.45, 2.75) is 63.0 Å². The van der Waals surface area contributed by atoms with E-state index in [0.29, 0.717) is 6.54 Å². The first-order valence-electron chi connectivity index (χ1n) is 8.08. The van der Waals surface area contributed by atoms with Crippen LogP contribution in [0.4, 0.5) is 8.78 Å². The van der Waals surface area contributed by atoms with Crippen molar-refractivity contribution in [2.24, 2.45) is 5.73 Å². The van der Waals surface area contributed by atoms with Crippen LogP contribution in [0.5, 0.6) is 0 Å². The Labute approximate surface area is 135 Å². The Bertz CT molecular complexity index is 523. The molecule has 0 radical (unpaired) electrons. The molecule has 9 heteroatoms. The Morgan fingerprint density at radius 2 is 2.04 bits per heavy atom. The zero-order chi connectivity index (χ0) is 17.1. The summed E-state index contributed by atoms with van der Waals surface area (Å²) in [4.78, 5) is 13.1. The quantitative estimate of drug-likeness (QED) is 0.709. The average Bonchev–Trinajstić information content (AvgIpc) is 2.39. The number of hydrogen-bond acceptors (Lipinski definition) is 4. The molecule has 23 heavy (non-hydrogen) atoms. The van der Waals surface area contributed by atoms with E-state index >= 15 is 0 Å². The summed E-state index contributed by atoms with van der Waals surface area (Å²) in [5, 5.41) is 0. The van der Waals surface area contributed by atoms with E-state index < -0.39 is 28.5 Å². The van der Waals surface area contributed by atoms with E-state index in [-0.39, 0.29) is 43.4 Å². The number of alkyl halides is 2. The van der Waals surface area contributed by atoms with Gasteiger partial charge in [0, 0.05) is 31.5 Å². The first-order chi connectivity index (χ1) is 10.7. The number of rotatable bonds is 7. The lowest BCUT2D eigenvalue weighted by Crippen LogP contribution is -2.46. The number of likely N-dealkylation sites (tertiary alicyclic amines) is 1. The van der Waals surface area contributed by atoms with E-state index in [0.717, 1.165) is 24.2 Å². The maximum atomic E-state index is 13.3. The minimum Gasteiger partial charge on any atom is -0.337 e. The van der Waals surface area contributed by atoms with Crippen LogP contribution in [-0.2, 0) is 14.8 Å². The second-order valence-corrected chi connectivity index (χ2v) is 8.40. The van der Waals surface area contributed by atoms with Crippen molar-refractivity contribution in [2.75, 3.05) is 18.8 Å². The molecule has 1 aliphatic carbocycles. The Hall–Kier alpha value is -0.800. The molecule has 3 N–H and O–H groups in total. The highest BCUT2D eigenvalue weighted by molar-refractivity contribution is 7.89. The molecule has 1 atom stereocenters. The van der Waals surface area contributed by atoms with E-state index in [1.54, 1.807) is 0 Å². The summed E-state index contributed by atoms with van der Waals surface area (Å²) in [5.41, 5.74) is 5.79. The standard InChI is InChI=1S/C14H25F2N3O3S/c15-14(16)7-2-8-19(10-14)13(20)6-5-11(17)9-23(21,22)18-12-3-1-4-12/h11-12,18H,1-10,17H2/t11-/m0/s1. The number of amides is 1. The summed E-state index contributed by atoms with van der Waals surface area (Å²) in [7, 11) is -3.45. The lowest BCUT2D eigenvalue weighted by Gasteiger charge is -2.32. The lowest BCUT2D eigenvalue weighted by atomic mass is 9.94. The summed E-state index contributed by atoms with van der Waals surface area (Å²) in [6.45, 7) is -0.228. The van der Waals surface area contributed by atoms with Crippen molar-refractivity contribution in [3.8, 4) is 0 Å². The van der Waals surface area contributed by atoms with Gasteiger partial charge in [-0.3, -0.25) is 4.79 Å². The first kappa shape index (κ1) is 18.5. The number of piperidine rings is 1. The SMILES string of the molecule is N[C@@H](CCC(=O)N1CCCC(F)(F)C1)CS(=O)(=O)NC1CCC1. The molecule has 0 aromatic rings. The predicted molar refractivity (Wildman–Crippen MR) is 82.5 cm³/mol. The summed E-state index contributed by atoms with van der Waals surface area (Å²) < 4.78 is 52.9. The van der Waals surface area contributed by atoms with Crippen molar-refractivity contribution < 1.29 is 22.0 Å². The summed E-state index contributed by atoms with van der Waals surface area (Å²) in [6, 6.07) is -0.675. The summed E-state index contributed by atoms with van der Waals surface area (Å²) >= 11 is 0. The number of carbonyl (C=O) groups is 1. The molecule has 1 saturated carbocycles. The van der Waals surface area contributed by atoms with Crippen molar-refractivity contribution in [1.29, 1.82) is 0 Å². The number of nitrogens with two attached hydrogens (primary N) is 1. The molecule has 1 saturated heterocycles. The van der Waals surface area contributed by atoms with Gasteiger partial charge in [0.25, 0.3) is 5.92 Å². The highest BCUT2D eigenvalue weighted by Crippen LogP contribution is 2.27. The summed E-state index contributed by atoms with van der Waals surface area (Å²) in [6.07, 6.45) is 2.97. The van der Waals surface area contributed by atoms with Gasteiger partial charge >= 0.3 is 0 Å². The van der Waals surface area contributed by atoms with Crippen molar-refractivity contribution in [3.63, 3.8) is 0 Å². The van der Waals surface area contributed by atoms with Gasteiger partial charge in [0.05, 0.1) is 12.3 Å². The molecule has 1 aliphatic heterocycles. The fourth-order valence-electron chi connectivity index (χ4n) is 2.84. The number of nitrogens with zero attached hydrogens (tertiary/aromatic N) is 1. The minimum absolute atomic E-state index is 0.00377. The molecule has 2 aliphatic rings.